The number of anilines is 1. The first kappa shape index (κ1) is 11.9. The molecule has 1 aliphatic heterocycles. The zero-order valence-corrected chi connectivity index (χ0v) is 10.0. The molecule has 1 aliphatic rings. The van der Waals surface area contributed by atoms with E-state index >= 15 is 0 Å². The van der Waals surface area contributed by atoms with Crippen LogP contribution in [0.4, 0.5) is 10.6 Å². The van der Waals surface area contributed by atoms with E-state index in [1.165, 1.54) is 0 Å². The maximum absolute atomic E-state index is 11.6. The number of carbonyl (C=O) groups excluding carboxylic acids is 1. The summed E-state index contributed by atoms with van der Waals surface area (Å²) in [6, 6.07) is 1.36. The van der Waals surface area contributed by atoms with Crippen molar-refractivity contribution in [1.82, 2.24) is 10.5 Å². The Balaban J connectivity index is 1.80. The SMILES string of the molecule is Cc1cc(NC(=O)N[C@H](C)[C@@H]2CCCO2)no1. The number of nitrogens with zero attached hydrogens (tertiary/aromatic N) is 1. The van der Waals surface area contributed by atoms with Crippen LogP contribution in [-0.4, -0.2) is 29.9 Å². The van der Waals surface area contributed by atoms with E-state index in [2.05, 4.69) is 15.8 Å². The van der Waals surface area contributed by atoms with Gasteiger partial charge in [-0.2, -0.15) is 0 Å². The van der Waals surface area contributed by atoms with Crippen LogP contribution in [0, 0.1) is 6.92 Å². The molecule has 0 unspecified atom stereocenters. The van der Waals surface area contributed by atoms with Crippen LogP contribution >= 0.6 is 0 Å². The summed E-state index contributed by atoms with van der Waals surface area (Å²) in [7, 11) is 0. The predicted octanol–water partition coefficient (Wildman–Crippen LogP) is 1.67. The van der Waals surface area contributed by atoms with Gasteiger partial charge in [0.2, 0.25) is 0 Å². The molecule has 2 rings (SSSR count). The zero-order chi connectivity index (χ0) is 12.3. The van der Waals surface area contributed by atoms with Crippen molar-refractivity contribution in [1.29, 1.82) is 0 Å². The molecule has 0 bridgehead atoms. The minimum absolute atomic E-state index is 0.00880. The van der Waals surface area contributed by atoms with E-state index in [0.717, 1.165) is 19.4 Å². The fraction of sp³-hybridized carbons (Fsp3) is 0.636. The average molecular weight is 239 g/mol. The average Bonchev–Trinajstić information content (AvgIpc) is 2.89. The van der Waals surface area contributed by atoms with E-state index in [0.29, 0.717) is 11.6 Å². The summed E-state index contributed by atoms with van der Waals surface area (Å²) in [6.45, 7) is 4.48. The summed E-state index contributed by atoms with van der Waals surface area (Å²) in [5.41, 5.74) is 0. The van der Waals surface area contributed by atoms with Crippen LogP contribution < -0.4 is 10.6 Å². The molecule has 6 nitrogen and oxygen atoms in total. The molecule has 2 N–H and O–H groups in total. The van der Waals surface area contributed by atoms with Crippen molar-refractivity contribution < 1.29 is 14.1 Å². The van der Waals surface area contributed by atoms with Crippen molar-refractivity contribution in [2.75, 3.05) is 11.9 Å². The number of amides is 2. The second-order valence-electron chi connectivity index (χ2n) is 4.26. The number of hydrogen-bond donors (Lipinski definition) is 2. The molecule has 1 saturated heterocycles. The van der Waals surface area contributed by atoms with Crippen molar-refractivity contribution >= 4 is 11.8 Å². The highest BCUT2D eigenvalue weighted by Gasteiger charge is 2.23. The molecule has 1 fully saturated rings. The number of nitrogens with one attached hydrogen (secondary N) is 2. The summed E-state index contributed by atoms with van der Waals surface area (Å²) in [5, 5.41) is 9.11. The number of carbonyl (C=O) groups is 1. The standard InChI is InChI=1S/C11H17N3O3/c1-7-6-10(14-17-7)13-11(15)12-8(2)9-4-3-5-16-9/h6,8-9H,3-5H2,1-2H3,(H2,12,13,14,15)/t8-,9+/m1/s1. The molecule has 1 aromatic rings. The topological polar surface area (TPSA) is 76.4 Å². The normalized spacial score (nSPS) is 21.2. The van der Waals surface area contributed by atoms with Gasteiger partial charge in [-0.1, -0.05) is 5.16 Å². The number of hydrogen-bond acceptors (Lipinski definition) is 4. The first-order chi connectivity index (χ1) is 8.15. The molecule has 2 heterocycles. The van der Waals surface area contributed by atoms with Gasteiger partial charge in [0.25, 0.3) is 0 Å². The Morgan fingerprint density at radius 3 is 3.06 bits per heavy atom. The molecular formula is C11H17N3O3. The maximum atomic E-state index is 11.6. The predicted molar refractivity (Wildman–Crippen MR) is 61.8 cm³/mol. The number of ether oxygens (including phenoxy) is 1. The van der Waals surface area contributed by atoms with Gasteiger partial charge in [0.05, 0.1) is 12.1 Å². The molecule has 17 heavy (non-hydrogen) atoms. The Hall–Kier alpha value is -1.56. The number of rotatable bonds is 3. The minimum atomic E-state index is -0.290. The molecule has 94 valence electrons. The molecule has 1 aromatic heterocycles. The van der Waals surface area contributed by atoms with E-state index in [1.807, 2.05) is 6.92 Å². The summed E-state index contributed by atoms with van der Waals surface area (Å²) in [6.07, 6.45) is 2.16. The molecule has 0 aliphatic carbocycles. The van der Waals surface area contributed by atoms with Gasteiger partial charge in [-0.25, -0.2) is 4.79 Å². The highest BCUT2D eigenvalue weighted by molar-refractivity contribution is 5.88. The van der Waals surface area contributed by atoms with Crippen LogP contribution in [0.25, 0.3) is 0 Å². The molecule has 0 saturated carbocycles. The summed E-state index contributed by atoms with van der Waals surface area (Å²) >= 11 is 0. The van der Waals surface area contributed by atoms with Gasteiger partial charge in [0.15, 0.2) is 5.82 Å². The second-order valence-corrected chi connectivity index (χ2v) is 4.26. The number of aromatic nitrogens is 1. The lowest BCUT2D eigenvalue weighted by atomic mass is 10.1. The molecule has 2 amide bonds. The van der Waals surface area contributed by atoms with Gasteiger partial charge in [-0.15, -0.1) is 0 Å². The Morgan fingerprint density at radius 2 is 2.47 bits per heavy atom. The smallest absolute Gasteiger partial charge is 0.320 e. The first-order valence-corrected chi connectivity index (χ1v) is 5.77. The third kappa shape index (κ3) is 3.20. The number of aryl methyl sites for hydroxylation is 1. The van der Waals surface area contributed by atoms with Gasteiger partial charge in [0.1, 0.15) is 5.76 Å². The molecule has 2 atom stereocenters. The van der Waals surface area contributed by atoms with E-state index < -0.39 is 0 Å². The van der Waals surface area contributed by atoms with Gasteiger partial charge < -0.3 is 14.6 Å². The Kier molecular flexibility index (Phi) is 3.63. The molecule has 0 radical (unpaired) electrons. The summed E-state index contributed by atoms with van der Waals surface area (Å²) in [4.78, 5) is 11.6. The Labute approximate surface area is 99.7 Å². The molecular weight excluding hydrogens is 222 g/mol. The van der Waals surface area contributed by atoms with E-state index in [4.69, 9.17) is 9.26 Å². The summed E-state index contributed by atoms with van der Waals surface area (Å²) < 4.78 is 10.3. The molecule has 6 heteroatoms. The lowest BCUT2D eigenvalue weighted by molar-refractivity contribution is 0.0868. The van der Waals surface area contributed by atoms with Crippen LogP contribution in [0.3, 0.4) is 0 Å². The largest absolute Gasteiger partial charge is 0.376 e. The van der Waals surface area contributed by atoms with Crippen molar-refractivity contribution in [2.45, 2.75) is 38.8 Å². The van der Waals surface area contributed by atoms with Crippen molar-refractivity contribution in [2.24, 2.45) is 0 Å². The Bertz CT molecular complexity index is 385. The zero-order valence-electron chi connectivity index (χ0n) is 10.0. The Morgan fingerprint density at radius 1 is 1.65 bits per heavy atom. The third-order valence-corrected chi connectivity index (χ3v) is 2.75. The highest BCUT2D eigenvalue weighted by atomic mass is 16.5. The van der Waals surface area contributed by atoms with Crippen molar-refractivity contribution in [3.8, 4) is 0 Å². The van der Waals surface area contributed by atoms with Crippen molar-refractivity contribution in [3.63, 3.8) is 0 Å². The van der Waals surface area contributed by atoms with E-state index in [1.54, 1.807) is 13.0 Å². The first-order valence-electron chi connectivity index (χ1n) is 5.77. The highest BCUT2D eigenvalue weighted by Crippen LogP contribution is 2.15. The quantitative estimate of drug-likeness (QED) is 0.841. The van der Waals surface area contributed by atoms with Gasteiger partial charge in [-0.3, -0.25) is 5.32 Å². The molecule has 0 aromatic carbocycles. The molecule has 0 spiro atoms. The van der Waals surface area contributed by atoms with Crippen LogP contribution in [0.15, 0.2) is 10.6 Å². The minimum Gasteiger partial charge on any atom is -0.376 e. The van der Waals surface area contributed by atoms with E-state index in [-0.39, 0.29) is 18.2 Å². The lowest BCUT2D eigenvalue weighted by Gasteiger charge is -2.19. The van der Waals surface area contributed by atoms with Crippen LogP contribution in [0.5, 0.6) is 0 Å². The van der Waals surface area contributed by atoms with Crippen LogP contribution in [0.2, 0.25) is 0 Å². The fourth-order valence-corrected chi connectivity index (χ4v) is 1.87. The van der Waals surface area contributed by atoms with Gasteiger partial charge in [-0.05, 0) is 26.7 Å². The summed E-state index contributed by atoms with van der Waals surface area (Å²) in [5.74, 6) is 1.08. The maximum Gasteiger partial charge on any atom is 0.320 e. The van der Waals surface area contributed by atoms with Crippen LogP contribution in [0.1, 0.15) is 25.5 Å². The monoisotopic (exact) mass is 239 g/mol. The van der Waals surface area contributed by atoms with Gasteiger partial charge in [0, 0.05) is 12.7 Å². The third-order valence-electron chi connectivity index (χ3n) is 2.75. The fourth-order valence-electron chi connectivity index (χ4n) is 1.87. The van der Waals surface area contributed by atoms with Crippen molar-refractivity contribution in [3.05, 3.63) is 11.8 Å². The van der Waals surface area contributed by atoms with Crippen LogP contribution in [-0.2, 0) is 4.74 Å². The lowest BCUT2D eigenvalue weighted by Crippen LogP contribution is -2.43. The van der Waals surface area contributed by atoms with E-state index in [9.17, 15) is 4.79 Å². The second kappa shape index (κ2) is 5.18. The van der Waals surface area contributed by atoms with Gasteiger partial charge >= 0.3 is 6.03 Å². The number of urea groups is 1.